The molecular formula is C24H21ClN2O4. The van der Waals surface area contributed by atoms with Crippen LogP contribution >= 0.6 is 11.6 Å². The van der Waals surface area contributed by atoms with E-state index in [1.54, 1.807) is 24.3 Å². The summed E-state index contributed by atoms with van der Waals surface area (Å²) >= 11 is 5.97. The molecule has 1 aliphatic rings. The Bertz CT molecular complexity index is 1140. The average molecular weight is 437 g/mol. The molecule has 0 radical (unpaired) electrons. The molecule has 0 aliphatic heterocycles. The zero-order valence-electron chi connectivity index (χ0n) is 17.1. The molecule has 7 heteroatoms. The van der Waals surface area contributed by atoms with E-state index in [2.05, 4.69) is 10.3 Å². The van der Waals surface area contributed by atoms with Crippen LogP contribution in [0.5, 0.6) is 11.5 Å². The summed E-state index contributed by atoms with van der Waals surface area (Å²) in [5.74, 6) is 0.0924. The summed E-state index contributed by atoms with van der Waals surface area (Å²) in [5, 5.41) is 3.25. The van der Waals surface area contributed by atoms with Gasteiger partial charge in [-0.3, -0.25) is 14.6 Å². The molecule has 0 saturated heterocycles. The normalized spacial score (nSPS) is 19.4. The minimum Gasteiger partial charge on any atom is -0.493 e. The number of carbonyl (C=O) groups excluding carboxylic acids is 2. The fourth-order valence-electron chi connectivity index (χ4n) is 3.96. The Hall–Kier alpha value is -3.38. The van der Waals surface area contributed by atoms with E-state index in [0.29, 0.717) is 34.2 Å². The van der Waals surface area contributed by atoms with Crippen LogP contribution in [0.25, 0.3) is 0 Å². The number of nitrogens with zero attached hydrogens (tertiary/aromatic N) is 1. The van der Waals surface area contributed by atoms with Gasteiger partial charge in [0.05, 0.1) is 42.5 Å². The van der Waals surface area contributed by atoms with Crippen molar-refractivity contribution in [2.24, 2.45) is 5.92 Å². The SMILES string of the molecule is COc1ccc(C(=O)C2(c3ccccc3)CC2C(=O)Nc2cncc(Cl)c2)cc1OC. The van der Waals surface area contributed by atoms with E-state index < -0.39 is 11.3 Å². The van der Waals surface area contributed by atoms with Crippen LogP contribution in [-0.2, 0) is 10.2 Å². The lowest BCUT2D eigenvalue weighted by Crippen LogP contribution is -2.28. The number of halogens is 1. The van der Waals surface area contributed by atoms with Gasteiger partial charge < -0.3 is 14.8 Å². The first-order valence-corrected chi connectivity index (χ1v) is 10.1. The highest BCUT2D eigenvalue weighted by atomic mass is 35.5. The number of hydrogen-bond donors (Lipinski definition) is 1. The lowest BCUT2D eigenvalue weighted by atomic mass is 9.85. The van der Waals surface area contributed by atoms with E-state index in [1.807, 2.05) is 30.3 Å². The molecule has 3 aromatic rings. The Morgan fingerprint density at radius 1 is 1.03 bits per heavy atom. The molecule has 1 aliphatic carbocycles. The van der Waals surface area contributed by atoms with Gasteiger partial charge in [0.25, 0.3) is 0 Å². The highest BCUT2D eigenvalue weighted by Crippen LogP contribution is 2.57. The Morgan fingerprint density at radius 3 is 2.45 bits per heavy atom. The Balaban J connectivity index is 1.68. The van der Waals surface area contributed by atoms with Gasteiger partial charge in [0.15, 0.2) is 17.3 Å². The summed E-state index contributed by atoms with van der Waals surface area (Å²) in [4.78, 5) is 30.8. The van der Waals surface area contributed by atoms with Gasteiger partial charge >= 0.3 is 0 Å². The van der Waals surface area contributed by atoms with Crippen LogP contribution in [0.1, 0.15) is 22.3 Å². The minimum atomic E-state index is -0.947. The van der Waals surface area contributed by atoms with Crippen molar-refractivity contribution >= 4 is 29.0 Å². The molecule has 2 atom stereocenters. The van der Waals surface area contributed by atoms with Crippen molar-refractivity contribution < 1.29 is 19.1 Å². The summed E-state index contributed by atoms with van der Waals surface area (Å²) in [6.07, 6.45) is 3.42. The van der Waals surface area contributed by atoms with Crippen molar-refractivity contribution in [3.05, 3.63) is 83.1 Å². The molecule has 0 spiro atoms. The van der Waals surface area contributed by atoms with Crippen LogP contribution in [0, 0.1) is 5.92 Å². The second kappa shape index (κ2) is 8.40. The number of methoxy groups -OCH3 is 2. The number of ether oxygens (including phenoxy) is 2. The van der Waals surface area contributed by atoms with Crippen molar-refractivity contribution in [1.29, 1.82) is 0 Å². The van der Waals surface area contributed by atoms with Gasteiger partial charge in [0, 0.05) is 11.8 Å². The number of nitrogens with one attached hydrogen (secondary N) is 1. The molecule has 1 amide bonds. The molecule has 158 valence electrons. The fraction of sp³-hybridized carbons (Fsp3) is 0.208. The van der Waals surface area contributed by atoms with Crippen molar-refractivity contribution in [3.63, 3.8) is 0 Å². The predicted octanol–water partition coefficient (Wildman–Crippen LogP) is 4.53. The maximum absolute atomic E-state index is 13.7. The molecule has 31 heavy (non-hydrogen) atoms. The zero-order chi connectivity index (χ0) is 22.0. The lowest BCUT2D eigenvalue weighted by Gasteiger charge is -2.18. The summed E-state index contributed by atoms with van der Waals surface area (Å²) in [7, 11) is 3.06. The molecule has 1 N–H and O–H groups in total. The first-order chi connectivity index (χ1) is 15.0. The fourth-order valence-corrected chi connectivity index (χ4v) is 4.13. The van der Waals surface area contributed by atoms with Gasteiger partial charge in [-0.2, -0.15) is 0 Å². The maximum atomic E-state index is 13.7. The molecule has 1 fully saturated rings. The van der Waals surface area contributed by atoms with Crippen LogP contribution in [-0.4, -0.2) is 30.9 Å². The van der Waals surface area contributed by atoms with Crippen LogP contribution in [0.2, 0.25) is 5.02 Å². The van der Waals surface area contributed by atoms with E-state index in [0.717, 1.165) is 5.56 Å². The number of amides is 1. The van der Waals surface area contributed by atoms with Gasteiger partial charge in [0.2, 0.25) is 5.91 Å². The highest BCUT2D eigenvalue weighted by molar-refractivity contribution is 6.30. The smallest absolute Gasteiger partial charge is 0.228 e. The Morgan fingerprint density at radius 2 is 1.77 bits per heavy atom. The molecule has 1 saturated carbocycles. The van der Waals surface area contributed by atoms with Gasteiger partial charge in [-0.15, -0.1) is 0 Å². The van der Waals surface area contributed by atoms with Crippen molar-refractivity contribution in [3.8, 4) is 11.5 Å². The third-order valence-corrected chi connectivity index (χ3v) is 5.80. The molecule has 2 unspecified atom stereocenters. The Labute approximate surface area is 185 Å². The third-order valence-electron chi connectivity index (χ3n) is 5.59. The second-order valence-corrected chi connectivity index (χ2v) is 7.81. The molecule has 0 bridgehead atoms. The van der Waals surface area contributed by atoms with E-state index >= 15 is 0 Å². The predicted molar refractivity (Wildman–Crippen MR) is 118 cm³/mol. The number of pyridine rings is 1. The summed E-state index contributed by atoms with van der Waals surface area (Å²) in [6, 6.07) is 16.0. The molecule has 4 rings (SSSR count). The number of rotatable bonds is 7. The number of hydrogen-bond acceptors (Lipinski definition) is 5. The molecule has 1 aromatic heterocycles. The largest absolute Gasteiger partial charge is 0.493 e. The summed E-state index contributed by atoms with van der Waals surface area (Å²) < 4.78 is 10.6. The number of Topliss-reactive ketones (excluding diaryl/α,β-unsaturated/α-hetero) is 1. The van der Waals surface area contributed by atoms with E-state index in [9.17, 15) is 9.59 Å². The monoisotopic (exact) mass is 436 g/mol. The van der Waals surface area contributed by atoms with Crippen molar-refractivity contribution in [1.82, 2.24) is 4.98 Å². The number of benzene rings is 2. The van der Waals surface area contributed by atoms with Crippen LogP contribution in [0.4, 0.5) is 5.69 Å². The van der Waals surface area contributed by atoms with Crippen LogP contribution in [0.3, 0.4) is 0 Å². The van der Waals surface area contributed by atoms with Gasteiger partial charge in [-0.05, 0) is 36.2 Å². The highest BCUT2D eigenvalue weighted by Gasteiger charge is 2.64. The number of ketones is 1. The molecule has 2 aromatic carbocycles. The molecular weight excluding hydrogens is 416 g/mol. The van der Waals surface area contributed by atoms with Gasteiger partial charge in [-0.1, -0.05) is 41.9 Å². The van der Waals surface area contributed by atoms with Gasteiger partial charge in [-0.25, -0.2) is 0 Å². The molecule has 6 nitrogen and oxygen atoms in total. The number of carbonyl (C=O) groups is 2. The maximum Gasteiger partial charge on any atom is 0.228 e. The van der Waals surface area contributed by atoms with E-state index in [1.165, 1.54) is 26.6 Å². The van der Waals surface area contributed by atoms with E-state index in [4.69, 9.17) is 21.1 Å². The topological polar surface area (TPSA) is 77.5 Å². The van der Waals surface area contributed by atoms with E-state index in [-0.39, 0.29) is 11.7 Å². The lowest BCUT2D eigenvalue weighted by molar-refractivity contribution is -0.117. The quantitative estimate of drug-likeness (QED) is 0.550. The van der Waals surface area contributed by atoms with Crippen molar-refractivity contribution in [2.45, 2.75) is 11.8 Å². The van der Waals surface area contributed by atoms with Crippen LogP contribution < -0.4 is 14.8 Å². The van der Waals surface area contributed by atoms with Crippen LogP contribution in [0.15, 0.2) is 67.0 Å². The number of anilines is 1. The van der Waals surface area contributed by atoms with Crippen molar-refractivity contribution in [2.75, 3.05) is 19.5 Å². The summed E-state index contributed by atoms with van der Waals surface area (Å²) in [6.45, 7) is 0. The minimum absolute atomic E-state index is 0.135. The summed E-state index contributed by atoms with van der Waals surface area (Å²) in [5.41, 5.74) is 0.807. The first-order valence-electron chi connectivity index (χ1n) is 9.73. The number of aromatic nitrogens is 1. The second-order valence-electron chi connectivity index (χ2n) is 7.37. The van der Waals surface area contributed by atoms with Gasteiger partial charge in [0.1, 0.15) is 0 Å². The molecule has 1 heterocycles. The standard InChI is InChI=1S/C24H21ClN2O4/c1-30-20-9-8-15(10-21(20)31-2)22(28)24(16-6-4-3-5-7-16)12-19(24)23(29)27-18-11-17(25)13-26-14-18/h3-11,13-14,19H,12H2,1-2H3,(H,27,29). The average Bonchev–Trinajstić information content (AvgIpc) is 3.56. The Kier molecular flexibility index (Phi) is 5.65. The zero-order valence-corrected chi connectivity index (χ0v) is 17.8. The first kappa shape index (κ1) is 20.9. The third kappa shape index (κ3) is 3.86.